The zero-order valence-electron chi connectivity index (χ0n) is 9.72. The molecule has 1 heterocycles. The summed E-state index contributed by atoms with van der Waals surface area (Å²) in [5.41, 5.74) is 0. The minimum Gasteiger partial charge on any atom is -0.310 e. The highest BCUT2D eigenvalue weighted by molar-refractivity contribution is 7.99. The van der Waals surface area contributed by atoms with E-state index in [0.717, 1.165) is 18.9 Å². The summed E-state index contributed by atoms with van der Waals surface area (Å²) < 4.78 is 1.97. The maximum absolute atomic E-state index is 4.05. The molecule has 0 amide bonds. The van der Waals surface area contributed by atoms with Gasteiger partial charge in [0.1, 0.15) is 0 Å². The van der Waals surface area contributed by atoms with E-state index >= 15 is 0 Å². The van der Waals surface area contributed by atoms with Crippen LogP contribution in [0.15, 0.2) is 0 Å². The van der Waals surface area contributed by atoms with E-state index in [4.69, 9.17) is 0 Å². The first-order valence-corrected chi connectivity index (χ1v) is 7.12. The summed E-state index contributed by atoms with van der Waals surface area (Å²) in [4.78, 5) is 0. The van der Waals surface area contributed by atoms with Gasteiger partial charge in [0.05, 0.1) is 12.6 Å². The molecule has 0 aromatic carbocycles. The lowest BCUT2D eigenvalue weighted by molar-refractivity contribution is 0.553. The molecule has 90 valence electrons. The van der Waals surface area contributed by atoms with Crippen LogP contribution in [0.1, 0.15) is 38.1 Å². The highest BCUT2D eigenvalue weighted by atomic mass is 32.2. The van der Waals surface area contributed by atoms with Gasteiger partial charge in [0.2, 0.25) is 0 Å². The number of tetrazole rings is 1. The first-order valence-electron chi connectivity index (χ1n) is 5.97. The van der Waals surface area contributed by atoms with Crippen molar-refractivity contribution in [2.45, 2.75) is 38.8 Å². The van der Waals surface area contributed by atoms with Crippen molar-refractivity contribution in [1.29, 1.82) is 0 Å². The Morgan fingerprint density at radius 3 is 3.12 bits per heavy atom. The molecule has 1 saturated carbocycles. The van der Waals surface area contributed by atoms with Crippen LogP contribution in [0.2, 0.25) is 0 Å². The molecule has 1 fully saturated rings. The lowest BCUT2D eigenvalue weighted by Crippen LogP contribution is -2.19. The molecule has 5 nitrogen and oxygen atoms in total. The van der Waals surface area contributed by atoms with Crippen LogP contribution in [0, 0.1) is 0 Å². The summed E-state index contributed by atoms with van der Waals surface area (Å²) in [6.45, 7) is 4.03. The van der Waals surface area contributed by atoms with Crippen molar-refractivity contribution in [3.05, 3.63) is 5.82 Å². The zero-order valence-corrected chi connectivity index (χ0v) is 10.5. The molecule has 6 heteroatoms. The Balaban J connectivity index is 1.63. The summed E-state index contributed by atoms with van der Waals surface area (Å²) in [6, 6.07) is 0.572. The third kappa shape index (κ3) is 3.45. The van der Waals surface area contributed by atoms with E-state index in [1.165, 1.54) is 30.8 Å². The third-order valence-electron chi connectivity index (χ3n) is 2.58. The fourth-order valence-corrected chi connectivity index (χ4v) is 2.21. The number of nitrogens with one attached hydrogen (secondary N) is 1. The van der Waals surface area contributed by atoms with Crippen molar-refractivity contribution in [2.75, 3.05) is 18.1 Å². The van der Waals surface area contributed by atoms with Crippen molar-refractivity contribution in [3.63, 3.8) is 0 Å². The summed E-state index contributed by atoms with van der Waals surface area (Å²) in [7, 11) is 0. The van der Waals surface area contributed by atoms with Crippen molar-refractivity contribution in [1.82, 2.24) is 25.5 Å². The monoisotopic (exact) mass is 241 g/mol. The maximum Gasteiger partial charge on any atom is 0.165 e. The fraction of sp³-hybridized carbons (Fsp3) is 0.900. The molecule has 16 heavy (non-hydrogen) atoms. The van der Waals surface area contributed by atoms with Gasteiger partial charge >= 0.3 is 0 Å². The second-order valence-electron chi connectivity index (χ2n) is 4.00. The van der Waals surface area contributed by atoms with Crippen molar-refractivity contribution < 1.29 is 0 Å². The molecule has 1 aromatic heterocycles. The highest BCUT2D eigenvalue weighted by Crippen LogP contribution is 2.34. The number of hydrogen-bond acceptors (Lipinski definition) is 5. The molecule has 0 radical (unpaired) electrons. The van der Waals surface area contributed by atoms with E-state index in [2.05, 4.69) is 27.8 Å². The van der Waals surface area contributed by atoms with Crippen molar-refractivity contribution in [2.24, 2.45) is 0 Å². The Labute approximate surface area is 100 Å². The van der Waals surface area contributed by atoms with Gasteiger partial charge in [-0.15, -0.1) is 5.10 Å². The van der Waals surface area contributed by atoms with E-state index in [9.17, 15) is 0 Å². The molecular weight excluding hydrogens is 222 g/mol. The van der Waals surface area contributed by atoms with Gasteiger partial charge in [0.15, 0.2) is 5.82 Å². The van der Waals surface area contributed by atoms with Crippen LogP contribution in [-0.2, 0) is 6.54 Å². The minimum absolute atomic E-state index is 0.572. The predicted octanol–water partition coefficient (Wildman–Crippen LogP) is 1.24. The Bertz CT molecular complexity index is 310. The van der Waals surface area contributed by atoms with Crippen LogP contribution < -0.4 is 5.32 Å². The van der Waals surface area contributed by atoms with Gasteiger partial charge in [-0.1, -0.05) is 6.92 Å². The normalized spacial score (nSPS) is 15.6. The van der Waals surface area contributed by atoms with E-state index in [-0.39, 0.29) is 0 Å². The highest BCUT2D eigenvalue weighted by Gasteiger charge is 2.27. The molecule has 1 aliphatic carbocycles. The Morgan fingerprint density at radius 2 is 2.38 bits per heavy atom. The molecule has 1 aromatic rings. The molecule has 1 N–H and O–H groups in total. The third-order valence-corrected chi connectivity index (χ3v) is 3.57. The SMILES string of the molecule is CCSCCCNCc1nnnn1C1CC1. The standard InChI is InChI=1S/C10H19N5S/c1-2-16-7-3-6-11-8-10-12-13-14-15(10)9-4-5-9/h9,11H,2-8H2,1H3. The number of hydrogen-bond donors (Lipinski definition) is 1. The van der Waals surface area contributed by atoms with Gasteiger partial charge < -0.3 is 5.32 Å². The Morgan fingerprint density at radius 1 is 1.50 bits per heavy atom. The molecule has 0 bridgehead atoms. The summed E-state index contributed by atoms with van der Waals surface area (Å²) in [6.07, 6.45) is 3.67. The molecule has 2 rings (SSSR count). The summed E-state index contributed by atoms with van der Waals surface area (Å²) in [5.74, 6) is 3.42. The quantitative estimate of drug-likeness (QED) is 0.694. The van der Waals surface area contributed by atoms with Crippen molar-refractivity contribution >= 4 is 11.8 Å². The largest absolute Gasteiger partial charge is 0.310 e. The first kappa shape index (κ1) is 11.9. The van der Waals surface area contributed by atoms with Crippen molar-refractivity contribution in [3.8, 4) is 0 Å². The zero-order chi connectivity index (χ0) is 11.2. The van der Waals surface area contributed by atoms with Crippen LogP contribution in [0.3, 0.4) is 0 Å². The van der Waals surface area contributed by atoms with E-state index in [0.29, 0.717) is 6.04 Å². The van der Waals surface area contributed by atoms with E-state index in [1.54, 1.807) is 0 Å². The number of rotatable bonds is 8. The van der Waals surface area contributed by atoms with Crippen LogP contribution in [-0.4, -0.2) is 38.3 Å². The van der Waals surface area contributed by atoms with Crippen LogP contribution in [0.25, 0.3) is 0 Å². The van der Waals surface area contributed by atoms with Crippen LogP contribution in [0.4, 0.5) is 0 Å². The predicted molar refractivity (Wildman–Crippen MR) is 65.4 cm³/mol. The molecular formula is C10H19N5S. The van der Waals surface area contributed by atoms with Gasteiger partial charge in [-0.25, -0.2) is 4.68 Å². The summed E-state index contributed by atoms with van der Waals surface area (Å²) >= 11 is 1.99. The van der Waals surface area contributed by atoms with Gasteiger partial charge in [-0.05, 0) is 47.7 Å². The fourth-order valence-electron chi connectivity index (χ4n) is 1.58. The molecule has 0 unspecified atom stereocenters. The van der Waals surface area contributed by atoms with Gasteiger partial charge in [-0.3, -0.25) is 0 Å². The number of nitrogens with zero attached hydrogens (tertiary/aromatic N) is 4. The minimum atomic E-state index is 0.572. The van der Waals surface area contributed by atoms with Crippen LogP contribution in [0.5, 0.6) is 0 Å². The average Bonchev–Trinajstić information content (AvgIpc) is 3.04. The first-order chi connectivity index (χ1) is 7.92. The lowest BCUT2D eigenvalue weighted by Gasteiger charge is -2.04. The molecule has 1 aliphatic rings. The van der Waals surface area contributed by atoms with Gasteiger partial charge in [0.25, 0.3) is 0 Å². The van der Waals surface area contributed by atoms with E-state index in [1.807, 2.05) is 16.4 Å². The topological polar surface area (TPSA) is 55.6 Å². The smallest absolute Gasteiger partial charge is 0.165 e. The second kappa shape index (κ2) is 6.20. The lowest BCUT2D eigenvalue weighted by atomic mass is 10.4. The average molecular weight is 241 g/mol. The van der Waals surface area contributed by atoms with Gasteiger partial charge in [-0.2, -0.15) is 11.8 Å². The second-order valence-corrected chi connectivity index (χ2v) is 5.39. The molecule has 0 atom stereocenters. The molecule has 0 saturated heterocycles. The Hall–Kier alpha value is -0.620. The molecule has 0 aliphatic heterocycles. The van der Waals surface area contributed by atoms with Gasteiger partial charge in [0, 0.05) is 0 Å². The number of thioether (sulfide) groups is 1. The summed E-state index contributed by atoms with van der Waals surface area (Å²) in [5, 5.41) is 15.2. The van der Waals surface area contributed by atoms with E-state index < -0.39 is 0 Å². The Kier molecular flexibility index (Phi) is 4.59. The maximum atomic E-state index is 4.05. The molecule has 0 spiro atoms. The van der Waals surface area contributed by atoms with Crippen LogP contribution >= 0.6 is 11.8 Å². The number of aromatic nitrogens is 4.